The van der Waals surface area contributed by atoms with Crippen molar-refractivity contribution in [1.82, 2.24) is 24.1 Å². The lowest BCUT2D eigenvalue weighted by molar-refractivity contribution is -0.132. The molecule has 2 N–H and O–H groups in total. The Bertz CT molecular complexity index is 2260. The molecular formula is C41H46N8O6. The van der Waals surface area contributed by atoms with Crippen LogP contribution >= 0.6 is 0 Å². The molecular weight excluding hydrogens is 701 g/mol. The van der Waals surface area contributed by atoms with E-state index in [9.17, 15) is 24.0 Å². The van der Waals surface area contributed by atoms with Crippen molar-refractivity contribution in [3.8, 4) is 5.75 Å². The van der Waals surface area contributed by atoms with Gasteiger partial charge in [0.05, 0.1) is 24.2 Å². The standard InChI is InChI=1S/C41H46N8O6/c1-55-36-21-33-27(19-32(36)38(42)51)24-48(43-33)29-7-4-25(5-8-29)22-44-15-17-45(18-16-44)30-9-6-26-23-47(39(52)31(26)20-30)34-12-13-37(50)49(41(34)54)35-3-2-14-46(40(35)53)28-10-11-28/h2-3,6,9,14,19-21,24-25,28-29,34H,4-5,7-8,10-13,15-18,22-23H2,1H3,(H2,42,51). The van der Waals surface area contributed by atoms with Crippen molar-refractivity contribution in [3.63, 3.8) is 0 Å². The number of imide groups is 1. The first-order chi connectivity index (χ1) is 26.7. The average molecular weight is 747 g/mol. The number of pyridine rings is 1. The number of nitrogens with two attached hydrogens (primary N) is 1. The SMILES string of the molecule is COc1cc2nn(C3CCC(CN4CCN(c5ccc6c(c5)C(=O)N(C5CCC(=O)N(c7cccn(C8CC8)c7=O)C5=O)C6)CC4)CC3)cc2cc1C(N)=O. The van der Waals surface area contributed by atoms with Crippen molar-refractivity contribution >= 4 is 45.9 Å². The van der Waals surface area contributed by atoms with Crippen LogP contribution in [0.4, 0.5) is 11.4 Å². The lowest BCUT2D eigenvalue weighted by Crippen LogP contribution is -2.56. The number of hydrogen-bond acceptors (Lipinski definition) is 9. The van der Waals surface area contributed by atoms with E-state index in [1.165, 1.54) is 13.2 Å². The number of hydrogen-bond donors (Lipinski definition) is 1. The topological polar surface area (TPSA) is 156 Å². The van der Waals surface area contributed by atoms with Gasteiger partial charge in [-0.1, -0.05) is 6.07 Å². The number of carbonyl (C=O) groups excluding carboxylic acids is 4. The van der Waals surface area contributed by atoms with Gasteiger partial charge in [-0.2, -0.15) is 5.10 Å². The Hall–Kier alpha value is -5.50. The van der Waals surface area contributed by atoms with Crippen molar-refractivity contribution in [2.45, 2.75) is 76.0 Å². The van der Waals surface area contributed by atoms with Gasteiger partial charge in [0.2, 0.25) is 5.91 Å². The molecule has 1 atom stereocenters. The molecule has 3 aliphatic heterocycles. The number of amides is 4. The van der Waals surface area contributed by atoms with Gasteiger partial charge in [-0.15, -0.1) is 0 Å². The van der Waals surface area contributed by atoms with Crippen LogP contribution < -0.4 is 25.8 Å². The highest BCUT2D eigenvalue weighted by Gasteiger charge is 2.44. The van der Waals surface area contributed by atoms with Crippen molar-refractivity contribution in [2.75, 3.05) is 49.6 Å². The summed E-state index contributed by atoms with van der Waals surface area (Å²) in [5.74, 6) is -0.583. The monoisotopic (exact) mass is 746 g/mol. The first kappa shape index (κ1) is 35.2. The summed E-state index contributed by atoms with van der Waals surface area (Å²) in [6.45, 7) is 4.95. The maximum absolute atomic E-state index is 13.9. The number of benzene rings is 2. The summed E-state index contributed by atoms with van der Waals surface area (Å²) in [5.41, 5.74) is 8.90. The van der Waals surface area contributed by atoms with Crippen LogP contribution in [-0.4, -0.2) is 93.7 Å². The van der Waals surface area contributed by atoms with Crippen LogP contribution in [0.5, 0.6) is 5.75 Å². The molecule has 14 nitrogen and oxygen atoms in total. The van der Waals surface area contributed by atoms with E-state index >= 15 is 0 Å². The van der Waals surface area contributed by atoms with Gasteiger partial charge in [0.1, 0.15) is 17.5 Å². The van der Waals surface area contributed by atoms with Crippen molar-refractivity contribution in [2.24, 2.45) is 11.7 Å². The van der Waals surface area contributed by atoms with Crippen molar-refractivity contribution < 1.29 is 23.9 Å². The number of fused-ring (bicyclic) bond motifs is 2. The quantitative estimate of drug-likeness (QED) is 0.251. The predicted molar refractivity (Wildman–Crippen MR) is 205 cm³/mol. The molecule has 5 heterocycles. The van der Waals surface area contributed by atoms with Crippen LogP contribution in [0.15, 0.2) is 59.7 Å². The van der Waals surface area contributed by atoms with E-state index in [4.69, 9.17) is 15.6 Å². The summed E-state index contributed by atoms with van der Waals surface area (Å²) in [7, 11) is 1.53. The van der Waals surface area contributed by atoms with Gasteiger partial charge in [-0.25, -0.2) is 4.90 Å². The molecule has 2 saturated heterocycles. The molecule has 2 aromatic heterocycles. The number of piperazine rings is 1. The Morgan fingerprint density at radius 3 is 2.40 bits per heavy atom. The minimum absolute atomic E-state index is 0.0690. The minimum Gasteiger partial charge on any atom is -0.496 e. The van der Waals surface area contributed by atoms with Gasteiger partial charge < -0.3 is 24.8 Å². The molecule has 14 heteroatoms. The van der Waals surface area contributed by atoms with E-state index in [-0.39, 0.29) is 36.0 Å². The third-order valence-corrected chi connectivity index (χ3v) is 12.4. The second-order valence-corrected chi connectivity index (χ2v) is 15.8. The summed E-state index contributed by atoms with van der Waals surface area (Å²) >= 11 is 0. The van der Waals surface area contributed by atoms with Crippen LogP contribution in [0.1, 0.15) is 89.7 Å². The highest BCUT2D eigenvalue weighted by Crippen LogP contribution is 2.37. The second-order valence-electron chi connectivity index (χ2n) is 15.8. The van der Waals surface area contributed by atoms with Gasteiger partial charge in [-0.3, -0.25) is 33.6 Å². The molecule has 0 bridgehead atoms. The van der Waals surface area contributed by atoms with Crippen LogP contribution in [0, 0.1) is 5.92 Å². The smallest absolute Gasteiger partial charge is 0.275 e. The largest absolute Gasteiger partial charge is 0.496 e. The zero-order valence-corrected chi connectivity index (χ0v) is 31.1. The predicted octanol–water partition coefficient (Wildman–Crippen LogP) is 3.87. The summed E-state index contributed by atoms with van der Waals surface area (Å²) in [4.78, 5) is 73.4. The molecule has 4 fully saturated rings. The van der Waals surface area contributed by atoms with E-state index < -0.39 is 23.8 Å². The lowest BCUT2D eigenvalue weighted by atomic mass is 9.85. The van der Waals surface area contributed by atoms with Crippen LogP contribution in [0.25, 0.3) is 10.9 Å². The minimum atomic E-state index is -0.812. The first-order valence-electron chi connectivity index (χ1n) is 19.5. The molecule has 5 aliphatic rings. The Morgan fingerprint density at radius 1 is 0.909 bits per heavy atom. The van der Waals surface area contributed by atoms with E-state index in [0.29, 0.717) is 35.4 Å². The molecule has 2 aliphatic carbocycles. The Balaban J connectivity index is 0.793. The molecule has 2 saturated carbocycles. The normalized spacial score (nSPS) is 23.5. The van der Waals surface area contributed by atoms with E-state index in [2.05, 4.69) is 15.9 Å². The number of methoxy groups -OCH3 is 1. The van der Waals surface area contributed by atoms with Gasteiger partial charge in [0, 0.05) is 86.8 Å². The molecule has 9 rings (SSSR count). The van der Waals surface area contributed by atoms with E-state index in [1.54, 1.807) is 33.9 Å². The molecule has 1 unspecified atom stereocenters. The lowest BCUT2D eigenvalue weighted by Gasteiger charge is -2.39. The zero-order chi connectivity index (χ0) is 38.0. The molecule has 0 radical (unpaired) electrons. The molecule has 286 valence electrons. The highest BCUT2D eigenvalue weighted by molar-refractivity contribution is 6.19. The Labute approximate surface area is 318 Å². The van der Waals surface area contributed by atoms with Gasteiger partial charge in [0.15, 0.2) is 0 Å². The number of carbonyl (C=O) groups is 4. The zero-order valence-electron chi connectivity index (χ0n) is 31.1. The molecule has 4 aromatic rings. The fraction of sp³-hybridized carbons (Fsp3) is 0.463. The highest BCUT2D eigenvalue weighted by atomic mass is 16.5. The summed E-state index contributed by atoms with van der Waals surface area (Å²) in [5, 5.41) is 5.70. The summed E-state index contributed by atoms with van der Waals surface area (Å²) < 4.78 is 9.02. The number of ether oxygens (including phenoxy) is 1. The third kappa shape index (κ3) is 6.45. The van der Waals surface area contributed by atoms with Gasteiger partial charge >= 0.3 is 0 Å². The average Bonchev–Trinajstić information content (AvgIpc) is 3.87. The van der Waals surface area contributed by atoms with Crippen LogP contribution in [0.3, 0.4) is 0 Å². The molecule has 55 heavy (non-hydrogen) atoms. The van der Waals surface area contributed by atoms with E-state index in [0.717, 1.165) is 98.3 Å². The fourth-order valence-electron chi connectivity index (χ4n) is 9.14. The van der Waals surface area contributed by atoms with Gasteiger partial charge in [0.25, 0.3) is 23.3 Å². The van der Waals surface area contributed by atoms with Gasteiger partial charge in [-0.05, 0) is 86.8 Å². The summed E-state index contributed by atoms with van der Waals surface area (Å²) in [6, 6.07) is 12.4. The van der Waals surface area contributed by atoms with Crippen molar-refractivity contribution in [1.29, 1.82) is 0 Å². The second kappa shape index (κ2) is 14.0. The molecule has 4 amide bonds. The maximum atomic E-state index is 13.9. The summed E-state index contributed by atoms with van der Waals surface area (Å²) in [6.07, 6.45) is 10.2. The van der Waals surface area contributed by atoms with Crippen LogP contribution in [-0.2, 0) is 16.1 Å². The van der Waals surface area contributed by atoms with E-state index in [1.807, 2.05) is 23.0 Å². The molecule has 2 aromatic carbocycles. The number of primary amides is 1. The number of piperidine rings is 1. The third-order valence-electron chi connectivity index (χ3n) is 12.4. The van der Waals surface area contributed by atoms with Crippen LogP contribution in [0.2, 0.25) is 0 Å². The Morgan fingerprint density at radius 2 is 1.67 bits per heavy atom. The maximum Gasteiger partial charge on any atom is 0.275 e. The number of aromatic nitrogens is 3. The number of anilines is 2. The van der Waals surface area contributed by atoms with Crippen molar-refractivity contribution in [3.05, 3.63) is 81.9 Å². The molecule has 0 spiro atoms. The fourth-order valence-corrected chi connectivity index (χ4v) is 9.14. The first-order valence-corrected chi connectivity index (χ1v) is 19.5. The number of rotatable bonds is 9. The number of nitrogens with zero attached hydrogens (tertiary/aromatic N) is 7. The Kier molecular flexibility index (Phi) is 8.95.